The molecule has 1 aromatic rings. The first-order valence-electron chi connectivity index (χ1n) is 12.9. The maximum atomic E-state index is 13.1. The van der Waals surface area contributed by atoms with Gasteiger partial charge in [0, 0.05) is 32.2 Å². The van der Waals surface area contributed by atoms with Crippen molar-refractivity contribution >= 4 is 47.0 Å². The molecule has 0 bridgehead atoms. The lowest BCUT2D eigenvalue weighted by atomic mass is 10.0. The monoisotopic (exact) mass is 527 g/mol. The Hall–Kier alpha value is -4.09. The van der Waals surface area contributed by atoms with E-state index in [1.165, 1.54) is 12.1 Å². The molecule has 0 aliphatic carbocycles. The molecule has 2 heterocycles. The largest absolute Gasteiger partial charge is 0.370 e. The van der Waals surface area contributed by atoms with Gasteiger partial charge in [-0.15, -0.1) is 0 Å². The number of rotatable bonds is 14. The molecule has 0 aromatic heterocycles. The van der Waals surface area contributed by atoms with E-state index in [0.717, 1.165) is 30.6 Å². The van der Waals surface area contributed by atoms with Crippen LogP contribution < -0.4 is 21.7 Å². The number of nitrogens with zero attached hydrogens (tertiary/aromatic N) is 1. The molecule has 0 radical (unpaired) electrons. The van der Waals surface area contributed by atoms with Gasteiger partial charge in [-0.25, -0.2) is 0 Å². The quantitative estimate of drug-likeness (QED) is 0.206. The average Bonchev–Trinajstić information content (AvgIpc) is 3.11. The first-order valence-corrected chi connectivity index (χ1v) is 12.9. The van der Waals surface area contributed by atoms with Crippen LogP contribution in [0.3, 0.4) is 0 Å². The highest BCUT2D eigenvalue weighted by atomic mass is 16.2. The Morgan fingerprint density at radius 3 is 2.34 bits per heavy atom. The first-order chi connectivity index (χ1) is 18.2. The third-order valence-corrected chi connectivity index (χ3v) is 6.47. The Morgan fingerprint density at radius 1 is 0.895 bits per heavy atom. The zero-order chi connectivity index (χ0) is 27.7. The van der Waals surface area contributed by atoms with E-state index in [2.05, 4.69) is 16.0 Å². The lowest BCUT2D eigenvalue weighted by Crippen LogP contribution is -2.54. The van der Waals surface area contributed by atoms with E-state index in [0.29, 0.717) is 19.4 Å². The highest BCUT2D eigenvalue weighted by molar-refractivity contribution is 6.26. The van der Waals surface area contributed by atoms with Crippen LogP contribution in [0.25, 0.3) is 0 Å². The van der Waals surface area contributed by atoms with Crippen molar-refractivity contribution < 1.29 is 33.6 Å². The number of unbranched alkanes of at least 4 members (excludes halogenated alkanes) is 4. The van der Waals surface area contributed by atoms with Gasteiger partial charge in [-0.2, -0.15) is 0 Å². The third-order valence-electron chi connectivity index (χ3n) is 6.47. The summed E-state index contributed by atoms with van der Waals surface area (Å²) in [5.41, 5.74) is 5.41. The van der Waals surface area contributed by atoms with Crippen molar-refractivity contribution in [1.82, 2.24) is 15.5 Å². The van der Waals surface area contributed by atoms with Crippen LogP contribution in [0.4, 0.5) is 5.69 Å². The maximum Gasteiger partial charge on any atom is 0.264 e. The van der Waals surface area contributed by atoms with Crippen molar-refractivity contribution in [2.24, 2.45) is 5.73 Å². The van der Waals surface area contributed by atoms with Crippen molar-refractivity contribution in [3.05, 3.63) is 29.3 Å². The summed E-state index contributed by atoms with van der Waals surface area (Å²) in [6.07, 6.45) is 5.27. The highest BCUT2D eigenvalue weighted by Gasteiger charge is 2.45. The van der Waals surface area contributed by atoms with Gasteiger partial charge in [0.1, 0.15) is 6.04 Å². The van der Waals surface area contributed by atoms with E-state index in [4.69, 9.17) is 5.73 Å². The number of nitrogens with one attached hydrogen (secondary N) is 3. The number of imide groups is 2. The SMILES string of the molecule is NC(=O)CCCC(=O)NCCCCCCCC(=O)Nc1cccc2c1C(=O)N(C1CCC(=O)NC1=O)C2=O. The number of hydrogen-bond donors (Lipinski definition) is 4. The smallest absolute Gasteiger partial charge is 0.264 e. The minimum Gasteiger partial charge on any atom is -0.370 e. The summed E-state index contributed by atoms with van der Waals surface area (Å²) in [5.74, 6) is -3.25. The number of amides is 7. The second kappa shape index (κ2) is 13.5. The summed E-state index contributed by atoms with van der Waals surface area (Å²) < 4.78 is 0. The highest BCUT2D eigenvalue weighted by Crippen LogP contribution is 2.32. The maximum absolute atomic E-state index is 13.1. The van der Waals surface area contributed by atoms with Crippen LogP contribution >= 0.6 is 0 Å². The molecule has 12 nitrogen and oxygen atoms in total. The Balaban J connectivity index is 1.39. The number of carbonyl (C=O) groups excluding carboxylic acids is 7. The molecule has 1 fully saturated rings. The molecular formula is C26H33N5O7. The van der Waals surface area contributed by atoms with Gasteiger partial charge in [0.05, 0.1) is 16.8 Å². The van der Waals surface area contributed by atoms with Gasteiger partial charge < -0.3 is 16.4 Å². The third kappa shape index (κ3) is 7.46. The summed E-state index contributed by atoms with van der Waals surface area (Å²) in [5, 5.41) is 7.67. The minimum absolute atomic E-state index is 0.0282. The molecule has 1 atom stereocenters. The molecule has 0 spiro atoms. The normalized spacial score (nSPS) is 16.7. The van der Waals surface area contributed by atoms with Gasteiger partial charge in [-0.3, -0.25) is 43.8 Å². The second-order valence-electron chi connectivity index (χ2n) is 9.41. The molecule has 3 rings (SSSR count). The van der Waals surface area contributed by atoms with Crippen molar-refractivity contribution in [2.45, 2.75) is 76.7 Å². The number of carbonyl (C=O) groups is 7. The van der Waals surface area contributed by atoms with Crippen molar-refractivity contribution in [3.8, 4) is 0 Å². The van der Waals surface area contributed by atoms with Crippen molar-refractivity contribution in [3.63, 3.8) is 0 Å². The summed E-state index contributed by atoms with van der Waals surface area (Å²) >= 11 is 0. The lowest BCUT2D eigenvalue weighted by Gasteiger charge is -2.27. The number of hydrogen-bond acceptors (Lipinski definition) is 7. The van der Waals surface area contributed by atoms with E-state index < -0.39 is 35.6 Å². The number of anilines is 1. The van der Waals surface area contributed by atoms with Gasteiger partial charge in [-0.05, 0) is 37.8 Å². The van der Waals surface area contributed by atoms with Gasteiger partial charge in [-0.1, -0.05) is 25.3 Å². The predicted octanol–water partition coefficient (Wildman–Crippen LogP) is 1.14. The standard InChI is InChI=1S/C26H33N5O7/c27-19(32)10-7-12-20(33)28-15-5-3-1-2-4-11-21(34)29-17-9-6-8-16-23(17)26(38)31(25(16)37)18-13-14-22(35)30-24(18)36/h6,8-9,18H,1-5,7,10-15H2,(H2,27,32)(H,28,33)(H,29,34)(H,30,35,36). The van der Waals surface area contributed by atoms with E-state index in [9.17, 15) is 33.6 Å². The fraction of sp³-hybridized carbons (Fsp3) is 0.500. The van der Waals surface area contributed by atoms with Crippen LogP contribution in [0.1, 0.15) is 91.3 Å². The molecule has 204 valence electrons. The number of benzene rings is 1. The van der Waals surface area contributed by atoms with Crippen molar-refractivity contribution in [2.75, 3.05) is 11.9 Å². The summed E-state index contributed by atoms with van der Waals surface area (Å²) in [6, 6.07) is 3.50. The Bertz CT molecular complexity index is 1130. The Morgan fingerprint density at radius 2 is 1.61 bits per heavy atom. The molecule has 5 N–H and O–H groups in total. The van der Waals surface area contributed by atoms with Crippen LogP contribution in [-0.2, 0) is 24.0 Å². The minimum atomic E-state index is -1.07. The van der Waals surface area contributed by atoms with Crippen LogP contribution in [0, 0.1) is 0 Å². The molecule has 1 aromatic carbocycles. The predicted molar refractivity (Wildman–Crippen MR) is 136 cm³/mol. The Kier molecular flexibility index (Phi) is 10.1. The average molecular weight is 528 g/mol. The molecule has 12 heteroatoms. The lowest BCUT2D eigenvalue weighted by molar-refractivity contribution is -0.136. The molecule has 1 saturated heterocycles. The topological polar surface area (TPSA) is 185 Å². The molecule has 1 unspecified atom stereocenters. The van der Waals surface area contributed by atoms with Crippen LogP contribution in [0.15, 0.2) is 18.2 Å². The summed E-state index contributed by atoms with van der Waals surface area (Å²) in [7, 11) is 0. The number of primary amides is 1. The van der Waals surface area contributed by atoms with E-state index in [-0.39, 0.29) is 60.7 Å². The molecule has 2 aliphatic heterocycles. The zero-order valence-corrected chi connectivity index (χ0v) is 21.2. The van der Waals surface area contributed by atoms with Gasteiger partial charge in [0.25, 0.3) is 11.8 Å². The molecule has 2 aliphatic rings. The van der Waals surface area contributed by atoms with Gasteiger partial charge in [0.15, 0.2) is 0 Å². The van der Waals surface area contributed by atoms with Crippen LogP contribution in [0.2, 0.25) is 0 Å². The number of nitrogens with two attached hydrogens (primary N) is 1. The van der Waals surface area contributed by atoms with Gasteiger partial charge >= 0.3 is 0 Å². The van der Waals surface area contributed by atoms with E-state index >= 15 is 0 Å². The number of fused-ring (bicyclic) bond motifs is 1. The summed E-state index contributed by atoms with van der Waals surface area (Å²) in [4.78, 5) is 85.3. The molecule has 38 heavy (non-hydrogen) atoms. The fourth-order valence-electron chi connectivity index (χ4n) is 4.51. The molecule has 7 amide bonds. The molecular weight excluding hydrogens is 494 g/mol. The van der Waals surface area contributed by atoms with Gasteiger partial charge in [0.2, 0.25) is 29.5 Å². The fourth-order valence-corrected chi connectivity index (χ4v) is 4.51. The Labute approximate surface area is 220 Å². The van der Waals surface area contributed by atoms with E-state index in [1.807, 2.05) is 0 Å². The van der Waals surface area contributed by atoms with Crippen LogP contribution in [-0.4, -0.2) is 58.8 Å². The van der Waals surface area contributed by atoms with Crippen molar-refractivity contribution in [1.29, 1.82) is 0 Å². The molecule has 0 saturated carbocycles. The van der Waals surface area contributed by atoms with Crippen LogP contribution in [0.5, 0.6) is 0 Å². The summed E-state index contributed by atoms with van der Waals surface area (Å²) in [6.45, 7) is 0.553. The zero-order valence-electron chi connectivity index (χ0n) is 21.2. The number of piperidine rings is 1. The first kappa shape index (κ1) is 28.5. The van der Waals surface area contributed by atoms with E-state index in [1.54, 1.807) is 6.07 Å². The second-order valence-corrected chi connectivity index (χ2v) is 9.41.